The van der Waals surface area contributed by atoms with E-state index in [4.69, 9.17) is 15.0 Å². The molecule has 6 heteroatoms. The number of hydrogen-bond donors (Lipinski definition) is 0. The van der Waals surface area contributed by atoms with Crippen molar-refractivity contribution < 1.29 is 4.39 Å². The molecular formula is C45H27FN4S. The number of nitrogens with zero attached hydrogens (tertiary/aromatic N) is 4. The lowest BCUT2D eigenvalue weighted by Gasteiger charge is -2.16. The number of fused-ring (bicyclic) bond motifs is 7. The number of aromatic nitrogens is 4. The van der Waals surface area contributed by atoms with Crippen molar-refractivity contribution >= 4 is 53.3 Å². The Balaban J connectivity index is 1.25. The first kappa shape index (κ1) is 29.4. The van der Waals surface area contributed by atoms with Crippen LogP contribution in [0.1, 0.15) is 0 Å². The fourth-order valence-corrected chi connectivity index (χ4v) is 8.46. The van der Waals surface area contributed by atoms with Crippen molar-refractivity contribution in [2.45, 2.75) is 0 Å². The highest BCUT2D eigenvalue weighted by molar-refractivity contribution is 7.26. The Morgan fingerprint density at radius 2 is 1.06 bits per heavy atom. The maximum Gasteiger partial charge on any atom is 0.164 e. The lowest BCUT2D eigenvalue weighted by Crippen LogP contribution is -2.02. The Hall–Kier alpha value is -6.50. The SMILES string of the molecule is Fc1ccccc1-c1cc(-c2nc(-c3ccccc3)nc(-c3ccccc3)n2)ccc1-n1c2ccccc2c2c3sc4ccccc4c3ccc21. The lowest BCUT2D eigenvalue weighted by atomic mass is 9.99. The van der Waals surface area contributed by atoms with Crippen LogP contribution in [0.4, 0.5) is 4.39 Å². The quantitative estimate of drug-likeness (QED) is 0.182. The van der Waals surface area contributed by atoms with Crippen molar-refractivity contribution in [1.82, 2.24) is 19.5 Å². The molecule has 7 aromatic carbocycles. The van der Waals surface area contributed by atoms with Crippen LogP contribution < -0.4 is 0 Å². The van der Waals surface area contributed by atoms with Gasteiger partial charge in [0.15, 0.2) is 17.5 Å². The fourth-order valence-electron chi connectivity index (χ4n) is 7.20. The van der Waals surface area contributed by atoms with Crippen LogP contribution in [0.5, 0.6) is 0 Å². The molecule has 0 bridgehead atoms. The molecule has 240 valence electrons. The summed E-state index contributed by atoms with van der Waals surface area (Å²) in [6.45, 7) is 0. The van der Waals surface area contributed by atoms with Crippen molar-refractivity contribution in [3.05, 3.63) is 170 Å². The first-order valence-corrected chi connectivity index (χ1v) is 17.6. The topological polar surface area (TPSA) is 43.6 Å². The second kappa shape index (κ2) is 11.8. The van der Waals surface area contributed by atoms with Crippen molar-refractivity contribution in [2.75, 3.05) is 0 Å². The van der Waals surface area contributed by atoms with E-state index in [9.17, 15) is 0 Å². The first-order valence-electron chi connectivity index (χ1n) is 16.8. The van der Waals surface area contributed by atoms with Gasteiger partial charge in [-0.15, -0.1) is 11.3 Å². The number of rotatable bonds is 5. The molecule has 0 aliphatic rings. The van der Waals surface area contributed by atoms with E-state index in [1.54, 1.807) is 6.07 Å². The Morgan fingerprint density at radius 1 is 0.451 bits per heavy atom. The number of halogens is 1. The van der Waals surface area contributed by atoms with Crippen LogP contribution >= 0.6 is 11.3 Å². The van der Waals surface area contributed by atoms with Crippen LogP contribution in [-0.4, -0.2) is 19.5 Å². The highest BCUT2D eigenvalue weighted by atomic mass is 32.1. The second-order valence-electron chi connectivity index (χ2n) is 12.5. The van der Waals surface area contributed by atoms with E-state index in [1.807, 2.05) is 96.3 Å². The standard InChI is InChI=1S/C45H27FN4S/c46-36-20-10-7-17-31(36)35-27-30(45-48-43(28-13-3-1-4-14-28)47-44(49-45)29-15-5-2-6-16-29)23-25-38(35)50-37-21-11-8-19-34(37)41-39(50)26-24-33-32-18-9-12-22-40(32)51-42(33)41/h1-27H. The third kappa shape index (κ3) is 4.83. The predicted molar refractivity (Wildman–Crippen MR) is 209 cm³/mol. The van der Waals surface area contributed by atoms with Gasteiger partial charge in [0.1, 0.15) is 5.82 Å². The number of benzene rings is 7. The normalized spacial score (nSPS) is 11.6. The van der Waals surface area contributed by atoms with Gasteiger partial charge < -0.3 is 4.57 Å². The van der Waals surface area contributed by atoms with E-state index in [0.29, 0.717) is 23.0 Å². The molecule has 0 spiro atoms. The average molecular weight is 675 g/mol. The van der Waals surface area contributed by atoms with Gasteiger partial charge >= 0.3 is 0 Å². The second-order valence-corrected chi connectivity index (χ2v) is 13.6. The highest BCUT2D eigenvalue weighted by Crippen LogP contribution is 2.45. The maximum atomic E-state index is 15.9. The van der Waals surface area contributed by atoms with E-state index < -0.39 is 0 Å². The molecule has 0 atom stereocenters. The van der Waals surface area contributed by atoms with Crippen LogP contribution in [0.3, 0.4) is 0 Å². The molecule has 10 aromatic rings. The summed E-state index contributed by atoms with van der Waals surface area (Å²) >= 11 is 1.82. The van der Waals surface area contributed by atoms with Gasteiger partial charge in [-0.3, -0.25) is 0 Å². The first-order chi connectivity index (χ1) is 25.2. The van der Waals surface area contributed by atoms with Crippen molar-refractivity contribution in [1.29, 1.82) is 0 Å². The van der Waals surface area contributed by atoms with Crippen molar-refractivity contribution in [3.8, 4) is 51.0 Å². The van der Waals surface area contributed by atoms with E-state index in [2.05, 4.69) is 71.3 Å². The molecule has 0 radical (unpaired) electrons. The van der Waals surface area contributed by atoms with Gasteiger partial charge in [-0.2, -0.15) is 0 Å². The minimum atomic E-state index is -0.297. The summed E-state index contributed by atoms with van der Waals surface area (Å²) in [5.41, 5.74) is 6.79. The molecule has 0 amide bonds. The summed E-state index contributed by atoms with van der Waals surface area (Å²) in [7, 11) is 0. The minimum absolute atomic E-state index is 0.297. The van der Waals surface area contributed by atoms with Gasteiger partial charge in [0.05, 0.1) is 16.7 Å². The molecule has 0 N–H and O–H groups in total. The van der Waals surface area contributed by atoms with Crippen molar-refractivity contribution in [2.24, 2.45) is 0 Å². The number of thiophene rings is 1. The van der Waals surface area contributed by atoms with Crippen molar-refractivity contribution in [3.63, 3.8) is 0 Å². The molecule has 0 saturated heterocycles. The Kier molecular flexibility index (Phi) is 6.82. The van der Waals surface area contributed by atoms with Gasteiger partial charge in [-0.1, -0.05) is 121 Å². The molecule has 0 aliphatic carbocycles. The van der Waals surface area contributed by atoms with Crippen LogP contribution in [0, 0.1) is 5.82 Å². The molecule has 0 unspecified atom stereocenters. The van der Waals surface area contributed by atoms with Gasteiger partial charge in [-0.25, -0.2) is 19.3 Å². The summed E-state index contributed by atoms with van der Waals surface area (Å²) in [5, 5.41) is 4.86. The average Bonchev–Trinajstić information content (AvgIpc) is 3.74. The van der Waals surface area contributed by atoms with Gasteiger partial charge in [0.2, 0.25) is 0 Å². The Morgan fingerprint density at radius 3 is 1.78 bits per heavy atom. The third-order valence-electron chi connectivity index (χ3n) is 9.54. The smallest absolute Gasteiger partial charge is 0.164 e. The number of hydrogen-bond acceptors (Lipinski definition) is 4. The van der Waals surface area contributed by atoms with Gasteiger partial charge in [0.25, 0.3) is 0 Å². The van der Waals surface area contributed by atoms with E-state index in [-0.39, 0.29) is 5.82 Å². The van der Waals surface area contributed by atoms with E-state index in [1.165, 1.54) is 31.6 Å². The zero-order valence-corrected chi connectivity index (χ0v) is 28.0. The highest BCUT2D eigenvalue weighted by Gasteiger charge is 2.22. The van der Waals surface area contributed by atoms with Gasteiger partial charge in [0, 0.05) is 58.8 Å². The molecular weight excluding hydrogens is 648 g/mol. The maximum absolute atomic E-state index is 15.9. The van der Waals surface area contributed by atoms with E-state index in [0.717, 1.165) is 44.4 Å². The van der Waals surface area contributed by atoms with Crippen LogP contribution in [-0.2, 0) is 0 Å². The largest absolute Gasteiger partial charge is 0.309 e. The molecule has 0 saturated carbocycles. The molecule has 0 aliphatic heterocycles. The molecule has 51 heavy (non-hydrogen) atoms. The monoisotopic (exact) mass is 674 g/mol. The zero-order valence-electron chi connectivity index (χ0n) is 27.2. The third-order valence-corrected chi connectivity index (χ3v) is 10.7. The molecule has 3 heterocycles. The summed E-state index contributed by atoms with van der Waals surface area (Å²) in [4.78, 5) is 14.8. The molecule has 0 fully saturated rings. The molecule has 4 nitrogen and oxygen atoms in total. The molecule has 3 aromatic heterocycles. The summed E-state index contributed by atoms with van der Waals surface area (Å²) < 4.78 is 20.7. The predicted octanol–water partition coefficient (Wildman–Crippen LogP) is 12.1. The summed E-state index contributed by atoms with van der Waals surface area (Å²) in [5.74, 6) is 1.37. The zero-order chi connectivity index (χ0) is 33.9. The van der Waals surface area contributed by atoms with Crippen LogP contribution in [0.2, 0.25) is 0 Å². The Labute approximate surface area is 296 Å². The Bertz CT molecular complexity index is 2870. The molecule has 10 rings (SSSR count). The minimum Gasteiger partial charge on any atom is -0.309 e. The fraction of sp³-hybridized carbons (Fsp3) is 0. The number of para-hydroxylation sites is 1. The van der Waals surface area contributed by atoms with Crippen LogP contribution in [0.15, 0.2) is 164 Å². The lowest BCUT2D eigenvalue weighted by molar-refractivity contribution is 0.631. The summed E-state index contributed by atoms with van der Waals surface area (Å²) in [6.07, 6.45) is 0. The van der Waals surface area contributed by atoms with Gasteiger partial charge in [-0.05, 0) is 42.5 Å². The van der Waals surface area contributed by atoms with E-state index >= 15 is 4.39 Å². The van der Waals surface area contributed by atoms with Crippen LogP contribution in [0.25, 0.3) is 93.0 Å². The summed E-state index contributed by atoms with van der Waals surface area (Å²) in [6, 6.07) is 54.5.